The predicted molar refractivity (Wildman–Crippen MR) is 170 cm³/mol. The van der Waals surface area contributed by atoms with Crippen LogP contribution in [0.3, 0.4) is 0 Å². The summed E-state index contributed by atoms with van der Waals surface area (Å²) in [5.41, 5.74) is 6.28. The topological polar surface area (TPSA) is 18.5 Å². The van der Waals surface area contributed by atoms with E-state index in [4.69, 9.17) is 9.31 Å². The second-order valence-corrected chi connectivity index (χ2v) is 14.4. The molecular weight excluding hydrogens is 655 g/mol. The number of hydrogen-bond donors (Lipinski definition) is 0. The SMILES string of the molecule is CC1(C)OB(c2ccc3c(c2)C(CCCCCCBr)(CCCCCCBr)c2cc(Br)ccc2-3)OC1(C)C. The molecule has 0 unspecified atom stereocenters. The summed E-state index contributed by atoms with van der Waals surface area (Å²) in [6.45, 7) is 8.55. The maximum Gasteiger partial charge on any atom is 0.494 e. The minimum Gasteiger partial charge on any atom is -0.399 e. The smallest absolute Gasteiger partial charge is 0.399 e. The van der Waals surface area contributed by atoms with Crippen molar-refractivity contribution in [2.24, 2.45) is 0 Å². The maximum atomic E-state index is 6.49. The van der Waals surface area contributed by atoms with Gasteiger partial charge in [-0.1, -0.05) is 111 Å². The number of halogens is 3. The van der Waals surface area contributed by atoms with Crippen molar-refractivity contribution in [3.05, 3.63) is 52.0 Å². The van der Waals surface area contributed by atoms with E-state index in [1.807, 2.05) is 0 Å². The summed E-state index contributed by atoms with van der Waals surface area (Å²) >= 11 is 11.0. The summed E-state index contributed by atoms with van der Waals surface area (Å²) in [5, 5.41) is 2.20. The first-order valence-corrected chi connectivity index (χ1v) is 17.1. The van der Waals surface area contributed by atoms with Crippen molar-refractivity contribution in [1.29, 1.82) is 0 Å². The van der Waals surface area contributed by atoms with Gasteiger partial charge in [0.05, 0.1) is 11.2 Å². The lowest BCUT2D eigenvalue weighted by molar-refractivity contribution is 0.00578. The van der Waals surface area contributed by atoms with Crippen molar-refractivity contribution in [1.82, 2.24) is 0 Å². The summed E-state index contributed by atoms with van der Waals surface area (Å²) in [6.07, 6.45) is 12.5. The number of hydrogen-bond acceptors (Lipinski definition) is 2. The molecule has 0 amide bonds. The third kappa shape index (κ3) is 6.29. The first kappa shape index (κ1) is 29.8. The van der Waals surface area contributed by atoms with Crippen molar-refractivity contribution >= 4 is 60.4 Å². The standard InChI is InChI=1S/C31H42BBr3O2/c1-29(2)30(3,4)37-32(36-29)23-13-15-25-26-16-14-24(35)22-28(26)31(27(25)21-23,17-9-5-7-11-19-33)18-10-6-8-12-20-34/h13-16,21-22H,5-12,17-20H2,1-4H3. The molecule has 202 valence electrons. The zero-order valence-electron chi connectivity index (χ0n) is 23.0. The van der Waals surface area contributed by atoms with Crippen LogP contribution in [0.5, 0.6) is 0 Å². The Bertz CT molecular complexity index is 1040. The molecule has 2 nitrogen and oxygen atoms in total. The van der Waals surface area contributed by atoms with Gasteiger partial charge in [0.2, 0.25) is 0 Å². The van der Waals surface area contributed by atoms with Crippen LogP contribution in [0.4, 0.5) is 0 Å². The highest BCUT2D eigenvalue weighted by molar-refractivity contribution is 9.10. The Hall–Kier alpha value is -0.135. The highest BCUT2D eigenvalue weighted by Gasteiger charge is 2.52. The third-order valence-electron chi connectivity index (χ3n) is 8.85. The highest BCUT2D eigenvalue weighted by atomic mass is 79.9. The molecule has 2 aromatic rings. The largest absolute Gasteiger partial charge is 0.494 e. The van der Waals surface area contributed by atoms with Crippen LogP contribution in [-0.2, 0) is 14.7 Å². The fourth-order valence-electron chi connectivity index (χ4n) is 6.02. The average molecular weight is 697 g/mol. The lowest BCUT2D eigenvalue weighted by atomic mass is 9.68. The summed E-state index contributed by atoms with van der Waals surface area (Å²) in [4.78, 5) is 0. The molecule has 2 aliphatic rings. The lowest BCUT2D eigenvalue weighted by Gasteiger charge is -2.33. The molecule has 1 fully saturated rings. The van der Waals surface area contributed by atoms with E-state index in [-0.39, 0.29) is 23.7 Å². The molecule has 0 atom stereocenters. The number of benzene rings is 2. The van der Waals surface area contributed by atoms with Gasteiger partial charge in [-0.15, -0.1) is 0 Å². The zero-order valence-corrected chi connectivity index (χ0v) is 27.7. The first-order valence-electron chi connectivity index (χ1n) is 14.1. The molecule has 1 saturated heterocycles. The molecule has 1 aliphatic carbocycles. The fraction of sp³-hybridized carbons (Fsp3) is 0.613. The van der Waals surface area contributed by atoms with E-state index in [1.54, 1.807) is 0 Å². The number of alkyl halides is 2. The Morgan fingerprint density at radius 2 is 1.14 bits per heavy atom. The molecule has 6 heteroatoms. The highest BCUT2D eigenvalue weighted by Crippen LogP contribution is 2.54. The predicted octanol–water partition coefficient (Wildman–Crippen LogP) is 9.71. The molecule has 0 aromatic heterocycles. The first-order chi connectivity index (χ1) is 17.6. The summed E-state index contributed by atoms with van der Waals surface area (Å²) in [7, 11) is -0.332. The molecule has 0 radical (unpaired) electrons. The fourth-order valence-corrected chi connectivity index (χ4v) is 7.18. The minimum absolute atomic E-state index is 0.0386. The molecule has 0 bridgehead atoms. The molecule has 0 saturated carbocycles. The quantitative estimate of drug-likeness (QED) is 0.118. The number of unbranched alkanes of at least 4 members (excludes halogenated alkanes) is 6. The monoisotopic (exact) mass is 694 g/mol. The van der Waals surface area contributed by atoms with Gasteiger partial charge in [-0.05, 0) is 93.2 Å². The van der Waals surface area contributed by atoms with Crippen LogP contribution in [0.15, 0.2) is 40.9 Å². The molecule has 2 aromatic carbocycles. The van der Waals surface area contributed by atoms with Crippen LogP contribution in [0.2, 0.25) is 0 Å². The Morgan fingerprint density at radius 3 is 1.68 bits per heavy atom. The number of fused-ring (bicyclic) bond motifs is 3. The minimum atomic E-state index is -0.341. The van der Waals surface area contributed by atoms with Gasteiger partial charge in [-0.25, -0.2) is 0 Å². The molecule has 1 heterocycles. The van der Waals surface area contributed by atoms with Gasteiger partial charge in [0.15, 0.2) is 0 Å². The van der Waals surface area contributed by atoms with E-state index in [2.05, 4.69) is 112 Å². The molecule has 37 heavy (non-hydrogen) atoms. The van der Waals surface area contributed by atoms with Crippen LogP contribution in [-0.4, -0.2) is 29.0 Å². The van der Waals surface area contributed by atoms with E-state index in [9.17, 15) is 0 Å². The van der Waals surface area contributed by atoms with E-state index in [0.717, 1.165) is 16.1 Å². The molecule has 0 N–H and O–H groups in total. The van der Waals surface area contributed by atoms with Gasteiger partial charge in [0, 0.05) is 20.5 Å². The van der Waals surface area contributed by atoms with Crippen LogP contribution in [0, 0.1) is 0 Å². The summed E-state index contributed by atoms with van der Waals surface area (Å²) in [6, 6.07) is 13.9. The summed E-state index contributed by atoms with van der Waals surface area (Å²) in [5.74, 6) is 0. The number of rotatable bonds is 13. The third-order valence-corrected chi connectivity index (χ3v) is 10.5. The van der Waals surface area contributed by atoms with Gasteiger partial charge < -0.3 is 9.31 Å². The normalized spacial score (nSPS) is 18.7. The Labute approximate surface area is 250 Å². The van der Waals surface area contributed by atoms with E-state index in [1.165, 1.54) is 90.9 Å². The van der Waals surface area contributed by atoms with Gasteiger partial charge >= 0.3 is 7.12 Å². The van der Waals surface area contributed by atoms with Gasteiger partial charge in [0.1, 0.15) is 0 Å². The Balaban J connectivity index is 1.73. The average Bonchev–Trinajstić information content (AvgIpc) is 3.24. The maximum absolute atomic E-state index is 6.49. The van der Waals surface area contributed by atoms with Crippen molar-refractivity contribution < 1.29 is 9.31 Å². The van der Waals surface area contributed by atoms with Crippen LogP contribution in [0.1, 0.15) is 103 Å². The Kier molecular flexibility index (Phi) is 10.1. The molecular formula is C31H42BBr3O2. The second kappa shape index (κ2) is 12.6. The van der Waals surface area contributed by atoms with Gasteiger partial charge in [0.25, 0.3) is 0 Å². The summed E-state index contributed by atoms with van der Waals surface area (Å²) < 4.78 is 14.1. The van der Waals surface area contributed by atoms with Crippen molar-refractivity contribution in [3.63, 3.8) is 0 Å². The lowest BCUT2D eigenvalue weighted by Crippen LogP contribution is -2.41. The van der Waals surface area contributed by atoms with Crippen molar-refractivity contribution in [2.45, 2.75) is 109 Å². The van der Waals surface area contributed by atoms with Gasteiger partial charge in [-0.3, -0.25) is 0 Å². The molecule has 0 spiro atoms. The van der Waals surface area contributed by atoms with Crippen molar-refractivity contribution in [3.8, 4) is 11.1 Å². The van der Waals surface area contributed by atoms with Crippen LogP contribution in [0.25, 0.3) is 11.1 Å². The van der Waals surface area contributed by atoms with Gasteiger partial charge in [-0.2, -0.15) is 0 Å². The second-order valence-electron chi connectivity index (χ2n) is 11.9. The van der Waals surface area contributed by atoms with E-state index >= 15 is 0 Å². The van der Waals surface area contributed by atoms with E-state index in [0.29, 0.717) is 0 Å². The van der Waals surface area contributed by atoms with Crippen molar-refractivity contribution in [2.75, 3.05) is 10.7 Å². The van der Waals surface area contributed by atoms with Crippen LogP contribution < -0.4 is 5.46 Å². The molecule has 1 aliphatic heterocycles. The Morgan fingerprint density at radius 1 is 0.649 bits per heavy atom. The van der Waals surface area contributed by atoms with E-state index < -0.39 is 0 Å². The zero-order chi connectivity index (χ0) is 26.7. The molecule has 4 rings (SSSR count). The van der Waals surface area contributed by atoms with Crippen LogP contribution >= 0.6 is 47.8 Å².